The molecule has 0 aliphatic carbocycles. The number of anilines is 1. The first-order chi connectivity index (χ1) is 7.25. The minimum absolute atomic E-state index is 0.704. The number of rotatable bonds is 1. The van der Waals surface area contributed by atoms with Gasteiger partial charge in [-0.1, -0.05) is 30.8 Å². The topological polar surface area (TPSA) is 24.4 Å². The van der Waals surface area contributed by atoms with Gasteiger partial charge in [0.05, 0.1) is 5.69 Å². The van der Waals surface area contributed by atoms with Crippen molar-refractivity contribution in [2.24, 2.45) is 10.9 Å². The lowest BCUT2D eigenvalue weighted by Gasteiger charge is -2.18. The summed E-state index contributed by atoms with van der Waals surface area (Å²) in [6.45, 7) is 3.18. The summed E-state index contributed by atoms with van der Waals surface area (Å²) in [6.07, 6.45) is 0. The van der Waals surface area contributed by atoms with E-state index in [1.54, 1.807) is 0 Å². The average molecular weight is 332 g/mol. The zero-order chi connectivity index (χ0) is 10.7. The predicted octanol–water partition coefficient (Wildman–Crippen LogP) is 3.44. The van der Waals surface area contributed by atoms with E-state index in [2.05, 4.69) is 52.0 Å². The Morgan fingerprint density at radius 2 is 2.27 bits per heavy atom. The molecular formula is C11H13IN2S. The number of halogens is 1. The van der Waals surface area contributed by atoms with Crippen molar-refractivity contribution >= 4 is 45.2 Å². The van der Waals surface area contributed by atoms with Crippen LogP contribution >= 0.6 is 34.4 Å². The van der Waals surface area contributed by atoms with Crippen LogP contribution in [0.3, 0.4) is 0 Å². The zero-order valence-electron chi connectivity index (χ0n) is 8.53. The fourth-order valence-electron chi connectivity index (χ4n) is 1.31. The third-order valence-electron chi connectivity index (χ3n) is 2.17. The molecule has 0 amide bonds. The molecule has 1 N–H and O–H groups in total. The molecule has 2 nitrogen and oxygen atoms in total. The number of para-hydroxylation sites is 1. The van der Waals surface area contributed by atoms with E-state index in [1.807, 2.05) is 23.9 Å². The van der Waals surface area contributed by atoms with E-state index in [0.717, 1.165) is 23.2 Å². The van der Waals surface area contributed by atoms with Gasteiger partial charge in [-0.2, -0.15) is 0 Å². The van der Waals surface area contributed by atoms with Gasteiger partial charge in [0.1, 0.15) is 0 Å². The van der Waals surface area contributed by atoms with Crippen LogP contribution in [0, 0.1) is 9.49 Å². The highest BCUT2D eigenvalue weighted by molar-refractivity contribution is 14.1. The molecule has 0 fully saturated rings. The van der Waals surface area contributed by atoms with Gasteiger partial charge in [-0.3, -0.25) is 4.99 Å². The molecular weight excluding hydrogens is 319 g/mol. The number of hydrogen-bond donors (Lipinski definition) is 1. The highest BCUT2D eigenvalue weighted by Crippen LogP contribution is 2.22. The van der Waals surface area contributed by atoms with Crippen molar-refractivity contribution in [3.63, 3.8) is 0 Å². The van der Waals surface area contributed by atoms with E-state index in [-0.39, 0.29) is 0 Å². The number of thioether (sulfide) groups is 1. The van der Waals surface area contributed by atoms with Crippen LogP contribution in [0.25, 0.3) is 0 Å². The molecule has 1 aliphatic heterocycles. The number of nitrogens with zero attached hydrogens (tertiary/aromatic N) is 1. The fraction of sp³-hybridized carbons (Fsp3) is 0.364. The van der Waals surface area contributed by atoms with Crippen molar-refractivity contribution < 1.29 is 0 Å². The Bertz CT molecular complexity index is 379. The zero-order valence-corrected chi connectivity index (χ0v) is 11.5. The first kappa shape index (κ1) is 11.3. The lowest BCUT2D eigenvalue weighted by atomic mass is 10.2. The second-order valence-corrected chi connectivity index (χ2v) is 5.84. The second kappa shape index (κ2) is 5.21. The van der Waals surface area contributed by atoms with Crippen molar-refractivity contribution in [2.45, 2.75) is 6.92 Å². The Kier molecular flexibility index (Phi) is 3.91. The van der Waals surface area contributed by atoms with Crippen LogP contribution in [-0.2, 0) is 0 Å². The summed E-state index contributed by atoms with van der Waals surface area (Å²) in [5.74, 6) is 1.87. The Morgan fingerprint density at radius 3 is 2.93 bits per heavy atom. The number of aliphatic imine (C=N–C) groups is 1. The lowest BCUT2D eigenvalue weighted by molar-refractivity contribution is 0.674. The fourth-order valence-corrected chi connectivity index (χ4v) is 2.73. The first-order valence-corrected chi connectivity index (χ1v) is 7.01. The Balaban J connectivity index is 2.06. The lowest BCUT2D eigenvalue weighted by Crippen LogP contribution is -2.19. The van der Waals surface area contributed by atoms with Gasteiger partial charge in [0.2, 0.25) is 0 Å². The maximum absolute atomic E-state index is 4.51. The molecule has 0 spiro atoms. The summed E-state index contributed by atoms with van der Waals surface area (Å²) in [6, 6.07) is 8.27. The maximum Gasteiger partial charge on any atom is 0.161 e. The second-order valence-electron chi connectivity index (χ2n) is 3.67. The molecule has 1 aromatic carbocycles. The van der Waals surface area contributed by atoms with Crippen molar-refractivity contribution in [1.29, 1.82) is 0 Å². The van der Waals surface area contributed by atoms with Crippen molar-refractivity contribution in [2.75, 3.05) is 17.6 Å². The van der Waals surface area contributed by atoms with Crippen LogP contribution in [0.4, 0.5) is 5.69 Å². The smallest absolute Gasteiger partial charge is 0.161 e. The van der Waals surface area contributed by atoms with Gasteiger partial charge in [-0.15, -0.1) is 0 Å². The average Bonchev–Trinajstić information content (AvgIpc) is 2.25. The number of benzene rings is 1. The van der Waals surface area contributed by atoms with E-state index in [9.17, 15) is 0 Å². The van der Waals surface area contributed by atoms with Gasteiger partial charge in [-0.05, 0) is 40.6 Å². The van der Waals surface area contributed by atoms with E-state index < -0.39 is 0 Å². The van der Waals surface area contributed by atoms with Crippen LogP contribution in [0.5, 0.6) is 0 Å². The molecule has 0 bridgehead atoms. The van der Waals surface area contributed by atoms with Crippen LogP contribution in [0.2, 0.25) is 0 Å². The Morgan fingerprint density at radius 1 is 1.47 bits per heavy atom. The van der Waals surface area contributed by atoms with Crippen LogP contribution in [0.1, 0.15) is 6.92 Å². The normalized spacial score (nSPS) is 20.9. The SMILES string of the molecule is CC1CN=C(Nc2ccccc2I)SC1. The molecule has 1 aromatic rings. The third-order valence-corrected chi connectivity index (χ3v) is 4.35. The summed E-state index contributed by atoms with van der Waals surface area (Å²) in [5, 5.41) is 4.43. The van der Waals surface area contributed by atoms with Gasteiger partial charge in [0.25, 0.3) is 0 Å². The molecule has 0 saturated heterocycles. The van der Waals surface area contributed by atoms with Gasteiger partial charge < -0.3 is 5.32 Å². The van der Waals surface area contributed by atoms with E-state index in [4.69, 9.17) is 0 Å². The molecule has 15 heavy (non-hydrogen) atoms. The van der Waals surface area contributed by atoms with E-state index >= 15 is 0 Å². The minimum atomic E-state index is 0.704. The Hall–Kier alpha value is -0.230. The quantitative estimate of drug-likeness (QED) is 0.797. The van der Waals surface area contributed by atoms with Crippen molar-refractivity contribution in [3.8, 4) is 0 Å². The van der Waals surface area contributed by atoms with Gasteiger partial charge >= 0.3 is 0 Å². The highest BCUT2D eigenvalue weighted by Gasteiger charge is 2.12. The van der Waals surface area contributed by atoms with Crippen molar-refractivity contribution in [1.82, 2.24) is 0 Å². The van der Waals surface area contributed by atoms with Gasteiger partial charge in [-0.25, -0.2) is 0 Å². The highest BCUT2D eigenvalue weighted by atomic mass is 127. The number of amidine groups is 1. The molecule has 2 rings (SSSR count). The van der Waals surface area contributed by atoms with Gasteiger partial charge in [0, 0.05) is 15.9 Å². The third kappa shape index (κ3) is 3.11. The van der Waals surface area contributed by atoms with E-state index in [0.29, 0.717) is 5.92 Å². The number of nitrogens with one attached hydrogen (secondary N) is 1. The van der Waals surface area contributed by atoms with Crippen LogP contribution in [-0.4, -0.2) is 17.5 Å². The minimum Gasteiger partial charge on any atom is -0.334 e. The summed E-state index contributed by atoms with van der Waals surface area (Å²) in [4.78, 5) is 4.51. The summed E-state index contributed by atoms with van der Waals surface area (Å²) in [5.41, 5.74) is 1.15. The molecule has 1 heterocycles. The molecule has 0 radical (unpaired) electrons. The van der Waals surface area contributed by atoms with Crippen molar-refractivity contribution in [3.05, 3.63) is 27.8 Å². The maximum atomic E-state index is 4.51. The molecule has 0 aromatic heterocycles. The predicted molar refractivity (Wildman–Crippen MR) is 76.7 cm³/mol. The number of hydrogen-bond acceptors (Lipinski definition) is 3. The molecule has 1 unspecified atom stereocenters. The summed E-state index contributed by atoms with van der Waals surface area (Å²) < 4.78 is 1.23. The standard InChI is InChI=1S/C11H13IN2S/c1-8-6-13-11(15-7-8)14-10-5-3-2-4-9(10)12/h2-5,8H,6-7H2,1H3,(H,13,14). The summed E-state index contributed by atoms with van der Waals surface area (Å²) >= 11 is 4.14. The monoisotopic (exact) mass is 332 g/mol. The summed E-state index contributed by atoms with van der Waals surface area (Å²) in [7, 11) is 0. The first-order valence-electron chi connectivity index (χ1n) is 4.94. The molecule has 4 heteroatoms. The molecule has 1 atom stereocenters. The van der Waals surface area contributed by atoms with E-state index in [1.165, 1.54) is 3.57 Å². The molecule has 80 valence electrons. The van der Waals surface area contributed by atoms with Gasteiger partial charge in [0.15, 0.2) is 5.17 Å². The molecule has 0 saturated carbocycles. The van der Waals surface area contributed by atoms with Crippen LogP contribution < -0.4 is 5.32 Å². The largest absolute Gasteiger partial charge is 0.334 e. The Labute approximate surface area is 108 Å². The van der Waals surface area contributed by atoms with Crippen LogP contribution in [0.15, 0.2) is 29.3 Å². The molecule has 1 aliphatic rings.